The van der Waals surface area contributed by atoms with Crippen molar-refractivity contribution in [2.45, 2.75) is 51.7 Å². The molecule has 0 bridgehead atoms. The summed E-state index contributed by atoms with van der Waals surface area (Å²) in [4.78, 5) is 3.83. The van der Waals surface area contributed by atoms with Gasteiger partial charge in [-0.05, 0) is 33.6 Å². The molecule has 0 saturated carbocycles. The summed E-state index contributed by atoms with van der Waals surface area (Å²) in [5.74, 6) is 0.179. The van der Waals surface area contributed by atoms with Crippen LogP contribution in [-0.2, 0) is 6.54 Å². The van der Waals surface area contributed by atoms with Crippen molar-refractivity contribution in [2.75, 3.05) is 0 Å². The van der Waals surface area contributed by atoms with E-state index in [2.05, 4.69) is 21.5 Å². The molecule has 0 radical (unpaired) electrons. The summed E-state index contributed by atoms with van der Waals surface area (Å²) in [6, 6.07) is 4.46. The molecule has 1 heterocycles. The number of aromatic nitrogens is 3. The Balaban J connectivity index is 2.45. The Kier molecular flexibility index (Phi) is 4.82. The van der Waals surface area contributed by atoms with Crippen molar-refractivity contribution in [2.24, 2.45) is 0 Å². The Morgan fingerprint density at radius 3 is 2.72 bits per heavy atom. The molecule has 0 aliphatic rings. The van der Waals surface area contributed by atoms with E-state index in [1.165, 1.54) is 6.33 Å². The van der Waals surface area contributed by atoms with Gasteiger partial charge in [0.2, 0.25) is 0 Å². The van der Waals surface area contributed by atoms with Gasteiger partial charge in [-0.15, -0.1) is 5.10 Å². The fourth-order valence-electron chi connectivity index (χ4n) is 1.85. The molecule has 96 valence electrons. The van der Waals surface area contributed by atoms with Gasteiger partial charge in [-0.1, -0.05) is 0 Å². The molecule has 1 unspecified atom stereocenters. The van der Waals surface area contributed by atoms with Crippen molar-refractivity contribution < 1.29 is 0 Å². The SMILES string of the molecule is CC(C)NC(C)(C#N)CCCn1cnc(C#N)n1. The van der Waals surface area contributed by atoms with Crippen LogP contribution in [-0.4, -0.2) is 26.3 Å². The zero-order chi connectivity index (χ0) is 13.6. The van der Waals surface area contributed by atoms with Crippen LogP contribution in [0.25, 0.3) is 0 Å². The highest BCUT2D eigenvalue weighted by molar-refractivity contribution is 5.06. The first-order chi connectivity index (χ1) is 8.49. The predicted molar refractivity (Wildman–Crippen MR) is 66.3 cm³/mol. The summed E-state index contributed by atoms with van der Waals surface area (Å²) in [5.41, 5.74) is -0.521. The van der Waals surface area contributed by atoms with Crippen molar-refractivity contribution in [3.63, 3.8) is 0 Å². The van der Waals surface area contributed by atoms with Gasteiger partial charge in [0.15, 0.2) is 0 Å². The van der Waals surface area contributed by atoms with Gasteiger partial charge < -0.3 is 0 Å². The number of nitriles is 2. The molecule has 0 amide bonds. The van der Waals surface area contributed by atoms with E-state index in [9.17, 15) is 5.26 Å². The van der Waals surface area contributed by atoms with Crippen LogP contribution in [0.15, 0.2) is 6.33 Å². The van der Waals surface area contributed by atoms with Gasteiger partial charge in [-0.2, -0.15) is 10.5 Å². The van der Waals surface area contributed by atoms with Crippen molar-refractivity contribution in [1.29, 1.82) is 10.5 Å². The largest absolute Gasteiger partial charge is 0.297 e. The Bertz CT molecular complexity index is 464. The van der Waals surface area contributed by atoms with Crippen LogP contribution in [0.3, 0.4) is 0 Å². The van der Waals surface area contributed by atoms with Gasteiger partial charge in [0.25, 0.3) is 5.82 Å². The van der Waals surface area contributed by atoms with Crippen LogP contribution in [0.1, 0.15) is 39.4 Å². The number of nitrogens with zero attached hydrogens (tertiary/aromatic N) is 5. The molecule has 0 fully saturated rings. The first-order valence-corrected chi connectivity index (χ1v) is 5.97. The second-order valence-electron chi connectivity index (χ2n) is 4.79. The molecule has 0 aliphatic carbocycles. The monoisotopic (exact) mass is 246 g/mol. The molecule has 1 aromatic heterocycles. The van der Waals surface area contributed by atoms with Gasteiger partial charge in [0.1, 0.15) is 17.9 Å². The molecule has 1 rings (SSSR count). The normalized spacial score (nSPS) is 13.9. The molecule has 18 heavy (non-hydrogen) atoms. The van der Waals surface area contributed by atoms with Crippen LogP contribution < -0.4 is 5.32 Å². The summed E-state index contributed by atoms with van der Waals surface area (Å²) < 4.78 is 1.63. The Morgan fingerprint density at radius 2 is 2.22 bits per heavy atom. The Labute approximate surface area is 107 Å². The lowest BCUT2D eigenvalue weighted by molar-refractivity contribution is 0.361. The maximum Gasteiger partial charge on any atom is 0.252 e. The molecule has 1 N–H and O–H groups in total. The van der Waals surface area contributed by atoms with Gasteiger partial charge in [-0.25, -0.2) is 4.98 Å². The Morgan fingerprint density at radius 1 is 1.50 bits per heavy atom. The van der Waals surface area contributed by atoms with Crippen LogP contribution in [0, 0.1) is 22.7 Å². The average Bonchev–Trinajstić information content (AvgIpc) is 2.76. The van der Waals surface area contributed by atoms with Gasteiger partial charge in [-0.3, -0.25) is 10.00 Å². The quantitative estimate of drug-likeness (QED) is 0.814. The number of rotatable bonds is 6. The molecule has 6 heteroatoms. The fourth-order valence-corrected chi connectivity index (χ4v) is 1.85. The number of aryl methyl sites for hydroxylation is 1. The highest BCUT2D eigenvalue weighted by atomic mass is 15.3. The molecule has 0 aliphatic heterocycles. The summed E-state index contributed by atoms with van der Waals surface area (Å²) in [6.45, 7) is 6.60. The van der Waals surface area contributed by atoms with Crippen LogP contribution >= 0.6 is 0 Å². The lowest BCUT2D eigenvalue weighted by Gasteiger charge is -2.25. The lowest BCUT2D eigenvalue weighted by atomic mass is 9.96. The molecule has 6 nitrogen and oxygen atoms in total. The molecule has 0 aromatic carbocycles. The van der Waals surface area contributed by atoms with E-state index in [0.717, 1.165) is 12.8 Å². The third-order valence-corrected chi connectivity index (χ3v) is 2.55. The van der Waals surface area contributed by atoms with Crippen LogP contribution in [0.5, 0.6) is 0 Å². The maximum atomic E-state index is 9.18. The molecule has 1 aromatic rings. The highest BCUT2D eigenvalue weighted by Gasteiger charge is 2.23. The molecular formula is C12H18N6. The van der Waals surface area contributed by atoms with E-state index in [0.29, 0.717) is 6.54 Å². The lowest BCUT2D eigenvalue weighted by Crippen LogP contribution is -2.45. The van der Waals surface area contributed by atoms with Crippen LogP contribution in [0.2, 0.25) is 0 Å². The van der Waals surface area contributed by atoms with Crippen molar-refractivity contribution in [3.05, 3.63) is 12.2 Å². The van der Waals surface area contributed by atoms with Crippen molar-refractivity contribution in [1.82, 2.24) is 20.1 Å². The first kappa shape index (κ1) is 14.1. The topological polar surface area (TPSA) is 90.3 Å². The van der Waals surface area contributed by atoms with Gasteiger partial charge >= 0.3 is 0 Å². The second kappa shape index (κ2) is 6.13. The van der Waals surface area contributed by atoms with E-state index in [4.69, 9.17) is 5.26 Å². The molecule has 1 atom stereocenters. The summed E-state index contributed by atoms with van der Waals surface area (Å²) in [5, 5.41) is 25.0. The second-order valence-corrected chi connectivity index (χ2v) is 4.79. The van der Waals surface area contributed by atoms with Gasteiger partial charge in [0, 0.05) is 12.6 Å². The first-order valence-electron chi connectivity index (χ1n) is 5.97. The minimum Gasteiger partial charge on any atom is -0.297 e. The maximum absolute atomic E-state index is 9.18. The number of nitrogens with one attached hydrogen (secondary N) is 1. The van der Waals surface area contributed by atoms with Crippen molar-refractivity contribution in [3.8, 4) is 12.1 Å². The van der Waals surface area contributed by atoms with E-state index in [-0.39, 0.29) is 11.9 Å². The zero-order valence-electron chi connectivity index (χ0n) is 11.0. The number of hydrogen-bond acceptors (Lipinski definition) is 5. The minimum absolute atomic E-state index is 0.179. The molecular weight excluding hydrogens is 228 g/mol. The van der Waals surface area contributed by atoms with Gasteiger partial charge in [0.05, 0.1) is 6.07 Å². The van der Waals surface area contributed by atoms with E-state index < -0.39 is 5.54 Å². The predicted octanol–water partition coefficient (Wildman–Crippen LogP) is 1.21. The third kappa shape index (κ3) is 4.15. The van der Waals surface area contributed by atoms with Crippen molar-refractivity contribution >= 4 is 0 Å². The van der Waals surface area contributed by atoms with E-state index >= 15 is 0 Å². The van der Waals surface area contributed by atoms with E-state index in [1.807, 2.05) is 26.8 Å². The third-order valence-electron chi connectivity index (χ3n) is 2.55. The minimum atomic E-state index is -0.521. The average molecular weight is 246 g/mol. The summed E-state index contributed by atoms with van der Waals surface area (Å²) in [7, 11) is 0. The highest BCUT2D eigenvalue weighted by Crippen LogP contribution is 2.13. The summed E-state index contributed by atoms with van der Waals surface area (Å²) >= 11 is 0. The standard InChI is InChI=1S/C12H18N6/c1-10(2)16-12(3,8-14)5-4-6-18-9-15-11(7-13)17-18/h9-10,16H,4-6H2,1-3H3. The molecule has 0 spiro atoms. The fraction of sp³-hybridized carbons (Fsp3) is 0.667. The smallest absolute Gasteiger partial charge is 0.252 e. The van der Waals surface area contributed by atoms with E-state index in [1.54, 1.807) is 4.68 Å². The zero-order valence-corrected chi connectivity index (χ0v) is 11.0. The molecule has 0 saturated heterocycles. The number of hydrogen-bond donors (Lipinski definition) is 1. The summed E-state index contributed by atoms with van der Waals surface area (Å²) in [6.07, 6.45) is 3.07. The van der Waals surface area contributed by atoms with Crippen LogP contribution in [0.4, 0.5) is 0 Å². The Hall–Kier alpha value is -1.92.